The maximum atomic E-state index is 12.8. The number of nitrogens with one attached hydrogen (secondary N) is 2. The zero-order valence-electron chi connectivity index (χ0n) is 16.0. The molecule has 162 valence electrons. The number of benzene rings is 2. The molecule has 0 saturated carbocycles. The van der Waals surface area contributed by atoms with Crippen molar-refractivity contribution in [3.63, 3.8) is 0 Å². The standard InChI is InChI=1S/C20H16BrClN2O5S2/c1-11-18(31(28,29)24-14-5-2-12(10-22)3-6-14)9-17(30-11)19(25)23-16-7-4-13(21)8-15(16)20(26)27/h2-9,24H,10H2,1H3,(H,23,25)(H,26,27). The van der Waals surface area contributed by atoms with E-state index >= 15 is 0 Å². The third kappa shape index (κ3) is 5.45. The van der Waals surface area contributed by atoms with Gasteiger partial charge in [-0.2, -0.15) is 0 Å². The van der Waals surface area contributed by atoms with Gasteiger partial charge in [0.25, 0.3) is 15.9 Å². The van der Waals surface area contributed by atoms with Gasteiger partial charge in [0.05, 0.1) is 16.1 Å². The summed E-state index contributed by atoms with van der Waals surface area (Å²) >= 11 is 9.93. The molecule has 0 fully saturated rings. The lowest BCUT2D eigenvalue weighted by atomic mass is 10.2. The maximum absolute atomic E-state index is 12.8. The Hall–Kier alpha value is -2.40. The van der Waals surface area contributed by atoms with Crippen LogP contribution in [0.5, 0.6) is 0 Å². The summed E-state index contributed by atoms with van der Waals surface area (Å²) in [5.74, 6) is -1.49. The molecular weight excluding hydrogens is 528 g/mol. The van der Waals surface area contributed by atoms with Gasteiger partial charge in [-0.05, 0) is 48.9 Å². The van der Waals surface area contributed by atoms with E-state index < -0.39 is 21.9 Å². The number of sulfonamides is 1. The van der Waals surface area contributed by atoms with Crippen molar-refractivity contribution in [3.05, 3.63) is 73.9 Å². The highest BCUT2D eigenvalue weighted by molar-refractivity contribution is 9.10. The van der Waals surface area contributed by atoms with Crippen LogP contribution in [0.25, 0.3) is 0 Å². The number of rotatable bonds is 7. The first-order valence-corrected chi connectivity index (χ1v) is 12.4. The van der Waals surface area contributed by atoms with Crippen molar-refractivity contribution in [1.82, 2.24) is 0 Å². The lowest BCUT2D eigenvalue weighted by molar-refractivity contribution is 0.0698. The minimum atomic E-state index is -3.93. The van der Waals surface area contributed by atoms with Crippen molar-refractivity contribution < 1.29 is 23.1 Å². The van der Waals surface area contributed by atoms with Crippen LogP contribution in [-0.4, -0.2) is 25.4 Å². The molecule has 3 aromatic rings. The van der Waals surface area contributed by atoms with Crippen LogP contribution in [0.1, 0.15) is 30.5 Å². The van der Waals surface area contributed by atoms with Crippen LogP contribution in [0.15, 0.2) is 57.9 Å². The van der Waals surface area contributed by atoms with Crippen LogP contribution in [-0.2, 0) is 15.9 Å². The molecule has 0 bridgehead atoms. The normalized spacial score (nSPS) is 11.2. The number of hydrogen-bond acceptors (Lipinski definition) is 5. The summed E-state index contributed by atoms with van der Waals surface area (Å²) < 4.78 is 28.6. The first kappa shape index (κ1) is 23.3. The predicted octanol–water partition coefficient (Wildman–Crippen LogP) is 5.31. The van der Waals surface area contributed by atoms with Crippen LogP contribution in [0.3, 0.4) is 0 Å². The smallest absolute Gasteiger partial charge is 0.337 e. The third-order valence-corrected chi connectivity index (χ3v) is 7.69. The average molecular weight is 544 g/mol. The van der Waals surface area contributed by atoms with E-state index in [-0.39, 0.29) is 21.0 Å². The van der Waals surface area contributed by atoms with E-state index in [9.17, 15) is 23.1 Å². The van der Waals surface area contributed by atoms with Gasteiger partial charge in [0.15, 0.2) is 0 Å². The SMILES string of the molecule is Cc1sc(C(=O)Nc2ccc(Br)cc2C(=O)O)cc1S(=O)(=O)Nc1ccc(CCl)cc1. The van der Waals surface area contributed by atoms with Crippen LogP contribution < -0.4 is 10.0 Å². The Bertz CT molecular complexity index is 1260. The second-order valence-corrected chi connectivity index (χ2v) is 10.5. The number of carboxylic acids is 1. The zero-order valence-corrected chi connectivity index (χ0v) is 20.0. The number of amides is 1. The number of halogens is 2. The topological polar surface area (TPSA) is 113 Å². The van der Waals surface area contributed by atoms with Crippen molar-refractivity contribution in [3.8, 4) is 0 Å². The quantitative estimate of drug-likeness (QED) is 0.350. The fraction of sp³-hybridized carbons (Fsp3) is 0.100. The Labute approximate surface area is 196 Å². The number of alkyl halides is 1. The summed E-state index contributed by atoms with van der Waals surface area (Å²) in [4.78, 5) is 24.6. The van der Waals surface area contributed by atoms with E-state index in [1.54, 1.807) is 37.3 Å². The highest BCUT2D eigenvalue weighted by Crippen LogP contribution is 2.29. The van der Waals surface area contributed by atoms with E-state index in [0.29, 0.717) is 20.9 Å². The highest BCUT2D eigenvalue weighted by Gasteiger charge is 2.23. The summed E-state index contributed by atoms with van der Waals surface area (Å²) in [6, 6.07) is 12.3. The van der Waals surface area contributed by atoms with Crippen molar-refractivity contribution in [1.29, 1.82) is 0 Å². The summed E-state index contributed by atoms with van der Waals surface area (Å²) in [5.41, 5.74) is 1.23. The molecule has 0 aliphatic heterocycles. The first-order valence-electron chi connectivity index (χ1n) is 8.73. The molecule has 7 nitrogen and oxygen atoms in total. The van der Waals surface area contributed by atoms with Gasteiger partial charge in [-0.15, -0.1) is 22.9 Å². The molecule has 0 atom stereocenters. The van der Waals surface area contributed by atoms with E-state index in [0.717, 1.165) is 16.9 Å². The number of anilines is 2. The van der Waals surface area contributed by atoms with Crippen LogP contribution in [0.2, 0.25) is 0 Å². The van der Waals surface area contributed by atoms with Gasteiger partial charge in [0.2, 0.25) is 0 Å². The summed E-state index contributed by atoms with van der Waals surface area (Å²) in [6.45, 7) is 1.59. The third-order valence-electron chi connectivity index (χ3n) is 4.21. The summed E-state index contributed by atoms with van der Waals surface area (Å²) in [5, 5.41) is 11.9. The molecule has 1 amide bonds. The van der Waals surface area contributed by atoms with Gasteiger partial charge in [0.1, 0.15) is 4.90 Å². The largest absolute Gasteiger partial charge is 0.478 e. The van der Waals surface area contributed by atoms with E-state index in [1.165, 1.54) is 18.2 Å². The lowest BCUT2D eigenvalue weighted by Crippen LogP contribution is -2.15. The summed E-state index contributed by atoms with van der Waals surface area (Å²) in [7, 11) is -3.93. The number of hydrogen-bond donors (Lipinski definition) is 3. The number of aryl methyl sites for hydroxylation is 1. The Morgan fingerprint density at radius 2 is 1.81 bits per heavy atom. The minimum Gasteiger partial charge on any atom is -0.478 e. The number of carboxylic acid groups (broad SMARTS) is 1. The maximum Gasteiger partial charge on any atom is 0.337 e. The zero-order chi connectivity index (χ0) is 22.8. The Kier molecular flexibility index (Phi) is 7.05. The van der Waals surface area contributed by atoms with Crippen LogP contribution in [0.4, 0.5) is 11.4 Å². The number of thiophene rings is 1. The molecule has 11 heteroatoms. The average Bonchev–Trinajstić information content (AvgIpc) is 3.12. The number of aromatic carboxylic acids is 1. The van der Waals surface area contributed by atoms with E-state index in [1.807, 2.05) is 0 Å². The molecule has 1 aromatic heterocycles. The van der Waals surface area contributed by atoms with E-state index in [4.69, 9.17) is 11.6 Å². The van der Waals surface area contributed by atoms with Crippen molar-refractivity contribution in [2.75, 3.05) is 10.0 Å². The van der Waals surface area contributed by atoms with Gasteiger partial charge in [0, 0.05) is 20.9 Å². The Balaban J connectivity index is 1.84. The molecule has 31 heavy (non-hydrogen) atoms. The number of carbonyl (C=O) groups is 2. The predicted molar refractivity (Wildman–Crippen MR) is 125 cm³/mol. The summed E-state index contributed by atoms with van der Waals surface area (Å²) in [6.07, 6.45) is 0. The number of carbonyl (C=O) groups excluding carboxylic acids is 1. The van der Waals surface area contributed by atoms with Gasteiger partial charge in [-0.1, -0.05) is 28.1 Å². The molecule has 2 aromatic carbocycles. The molecule has 0 radical (unpaired) electrons. The fourth-order valence-corrected chi connectivity index (χ4v) is 5.79. The van der Waals surface area contributed by atoms with Crippen molar-refractivity contribution >= 4 is 72.1 Å². The molecule has 3 rings (SSSR count). The molecule has 0 saturated heterocycles. The molecule has 0 unspecified atom stereocenters. The molecule has 1 heterocycles. The van der Waals surface area contributed by atoms with Crippen molar-refractivity contribution in [2.45, 2.75) is 17.7 Å². The van der Waals surface area contributed by atoms with Crippen molar-refractivity contribution in [2.24, 2.45) is 0 Å². The van der Waals surface area contributed by atoms with Crippen LogP contribution >= 0.6 is 38.9 Å². The monoisotopic (exact) mass is 542 g/mol. The van der Waals surface area contributed by atoms with Gasteiger partial charge >= 0.3 is 5.97 Å². The molecular formula is C20H16BrClN2O5S2. The van der Waals surface area contributed by atoms with Gasteiger partial charge < -0.3 is 10.4 Å². The highest BCUT2D eigenvalue weighted by atomic mass is 79.9. The molecule has 0 aliphatic rings. The molecule has 3 N–H and O–H groups in total. The van der Waals surface area contributed by atoms with Gasteiger partial charge in [-0.25, -0.2) is 13.2 Å². The van der Waals surface area contributed by atoms with Gasteiger partial charge in [-0.3, -0.25) is 9.52 Å². The van der Waals surface area contributed by atoms with E-state index in [2.05, 4.69) is 26.0 Å². The molecule has 0 spiro atoms. The Morgan fingerprint density at radius 3 is 2.42 bits per heavy atom. The van der Waals surface area contributed by atoms with Crippen LogP contribution in [0, 0.1) is 6.92 Å². The first-order chi connectivity index (χ1) is 14.6. The minimum absolute atomic E-state index is 0.0293. The fourth-order valence-electron chi connectivity index (χ4n) is 2.70. The molecule has 0 aliphatic carbocycles. The second-order valence-electron chi connectivity index (χ2n) is 6.42. The Morgan fingerprint density at radius 1 is 1.13 bits per heavy atom. The lowest BCUT2D eigenvalue weighted by Gasteiger charge is -2.08. The second kappa shape index (κ2) is 9.39.